The molecule has 0 spiro atoms. The van der Waals surface area contributed by atoms with E-state index in [1.54, 1.807) is 31.6 Å². The van der Waals surface area contributed by atoms with E-state index in [4.69, 9.17) is 4.74 Å². The lowest BCUT2D eigenvalue weighted by Gasteiger charge is -2.22. The summed E-state index contributed by atoms with van der Waals surface area (Å²) in [6.07, 6.45) is 3.25. The number of ether oxygens (including phenoxy) is 1. The molecular weight excluding hydrogens is 278 g/mol. The van der Waals surface area contributed by atoms with Gasteiger partial charge in [0.15, 0.2) is 0 Å². The summed E-state index contributed by atoms with van der Waals surface area (Å²) in [5.74, 6) is 0.484. The smallest absolute Gasteiger partial charge is 0.257 e. The minimum Gasteiger partial charge on any atom is -0.497 e. The summed E-state index contributed by atoms with van der Waals surface area (Å²) < 4.78 is 5.14. The highest BCUT2D eigenvalue weighted by atomic mass is 16.5. The Labute approximate surface area is 130 Å². The fourth-order valence-corrected chi connectivity index (χ4v) is 1.97. The first-order valence-electron chi connectivity index (χ1n) is 7.06. The molecule has 116 valence electrons. The zero-order valence-electron chi connectivity index (χ0n) is 13.3. The van der Waals surface area contributed by atoms with Gasteiger partial charge in [0.1, 0.15) is 5.75 Å². The van der Waals surface area contributed by atoms with E-state index in [1.165, 1.54) is 0 Å². The zero-order valence-corrected chi connectivity index (χ0v) is 13.3. The van der Waals surface area contributed by atoms with E-state index in [1.807, 2.05) is 18.2 Å². The summed E-state index contributed by atoms with van der Waals surface area (Å²) in [6, 6.07) is 9.01. The lowest BCUT2D eigenvalue weighted by molar-refractivity contribution is 0.102. The van der Waals surface area contributed by atoms with Crippen molar-refractivity contribution in [3.05, 3.63) is 48.3 Å². The molecule has 0 atom stereocenters. The first kappa shape index (κ1) is 15.8. The molecule has 0 aliphatic carbocycles. The van der Waals surface area contributed by atoms with E-state index in [0.29, 0.717) is 17.0 Å². The van der Waals surface area contributed by atoms with Crippen molar-refractivity contribution < 1.29 is 9.53 Å². The van der Waals surface area contributed by atoms with Crippen LogP contribution in [0.25, 0.3) is 0 Å². The van der Waals surface area contributed by atoms with Crippen molar-refractivity contribution >= 4 is 17.3 Å². The molecular formula is C17H21N3O2. The number of benzene rings is 1. The molecule has 0 radical (unpaired) electrons. The maximum absolute atomic E-state index is 12.3. The number of hydrogen-bond donors (Lipinski definition) is 2. The predicted octanol–water partition coefficient (Wildman–Crippen LogP) is 3.55. The quantitative estimate of drug-likeness (QED) is 0.906. The standard InChI is InChI=1S/C17H21N3O2/c1-17(2,3)20-14-8-12(10-18-11-14)16(21)19-13-6-5-7-15(9-13)22-4/h5-11,20H,1-4H3,(H,19,21). The topological polar surface area (TPSA) is 63.2 Å². The summed E-state index contributed by atoms with van der Waals surface area (Å²) in [7, 11) is 1.59. The third-order valence-electron chi connectivity index (χ3n) is 2.85. The number of nitrogens with one attached hydrogen (secondary N) is 2. The van der Waals surface area contributed by atoms with E-state index in [0.717, 1.165) is 5.69 Å². The average Bonchev–Trinajstić information content (AvgIpc) is 2.46. The Hall–Kier alpha value is -2.56. The van der Waals surface area contributed by atoms with Crippen LogP contribution in [0.3, 0.4) is 0 Å². The molecule has 0 saturated heterocycles. The largest absolute Gasteiger partial charge is 0.497 e. The van der Waals surface area contributed by atoms with Crippen molar-refractivity contribution in [2.75, 3.05) is 17.7 Å². The van der Waals surface area contributed by atoms with Crippen LogP contribution < -0.4 is 15.4 Å². The second kappa shape index (κ2) is 6.47. The maximum Gasteiger partial charge on any atom is 0.257 e. The average molecular weight is 299 g/mol. The Kier molecular flexibility index (Phi) is 4.65. The van der Waals surface area contributed by atoms with E-state index in [-0.39, 0.29) is 11.4 Å². The molecule has 0 bridgehead atoms. The molecule has 2 rings (SSSR count). The number of anilines is 2. The number of nitrogens with zero attached hydrogens (tertiary/aromatic N) is 1. The molecule has 0 aliphatic rings. The lowest BCUT2D eigenvalue weighted by atomic mass is 10.1. The molecule has 1 amide bonds. The van der Waals surface area contributed by atoms with Crippen molar-refractivity contribution in [3.8, 4) is 5.75 Å². The van der Waals surface area contributed by atoms with Gasteiger partial charge in [0.2, 0.25) is 0 Å². The van der Waals surface area contributed by atoms with Crippen molar-refractivity contribution in [1.82, 2.24) is 4.98 Å². The summed E-state index contributed by atoms with van der Waals surface area (Å²) in [5, 5.41) is 6.13. The Morgan fingerprint density at radius 2 is 1.91 bits per heavy atom. The van der Waals surface area contributed by atoms with Gasteiger partial charge in [-0.1, -0.05) is 6.07 Å². The van der Waals surface area contributed by atoms with Gasteiger partial charge in [0, 0.05) is 29.7 Å². The number of pyridine rings is 1. The fourth-order valence-electron chi connectivity index (χ4n) is 1.97. The van der Waals surface area contributed by atoms with Crippen LogP contribution in [-0.4, -0.2) is 23.5 Å². The molecule has 2 N–H and O–H groups in total. The van der Waals surface area contributed by atoms with E-state index in [9.17, 15) is 4.79 Å². The molecule has 1 aromatic carbocycles. The summed E-state index contributed by atoms with van der Waals surface area (Å²) in [4.78, 5) is 16.4. The van der Waals surface area contributed by atoms with Gasteiger partial charge in [-0.05, 0) is 39.0 Å². The van der Waals surface area contributed by atoms with Gasteiger partial charge in [-0.25, -0.2) is 0 Å². The number of carbonyl (C=O) groups excluding carboxylic acids is 1. The van der Waals surface area contributed by atoms with Gasteiger partial charge in [0.05, 0.1) is 18.4 Å². The fraction of sp³-hybridized carbons (Fsp3) is 0.294. The molecule has 0 fully saturated rings. The Morgan fingerprint density at radius 3 is 2.59 bits per heavy atom. The van der Waals surface area contributed by atoms with Gasteiger partial charge < -0.3 is 15.4 Å². The maximum atomic E-state index is 12.3. The minimum absolute atomic E-state index is 0.0937. The zero-order chi connectivity index (χ0) is 16.2. The third-order valence-corrected chi connectivity index (χ3v) is 2.85. The van der Waals surface area contributed by atoms with Crippen LogP contribution in [0.5, 0.6) is 5.75 Å². The van der Waals surface area contributed by atoms with Gasteiger partial charge in [0.25, 0.3) is 5.91 Å². The van der Waals surface area contributed by atoms with Crippen LogP contribution in [0.2, 0.25) is 0 Å². The number of carbonyl (C=O) groups is 1. The van der Waals surface area contributed by atoms with Gasteiger partial charge in [-0.15, -0.1) is 0 Å². The summed E-state index contributed by atoms with van der Waals surface area (Å²) in [6.45, 7) is 6.15. The van der Waals surface area contributed by atoms with Crippen LogP contribution in [0.4, 0.5) is 11.4 Å². The van der Waals surface area contributed by atoms with Crippen LogP contribution >= 0.6 is 0 Å². The van der Waals surface area contributed by atoms with Crippen LogP contribution in [0, 0.1) is 0 Å². The SMILES string of the molecule is COc1cccc(NC(=O)c2cncc(NC(C)(C)C)c2)c1. The molecule has 5 heteroatoms. The highest BCUT2D eigenvalue weighted by Crippen LogP contribution is 2.19. The first-order chi connectivity index (χ1) is 10.4. The van der Waals surface area contributed by atoms with Crippen molar-refractivity contribution in [3.63, 3.8) is 0 Å². The van der Waals surface area contributed by atoms with Gasteiger partial charge in [-0.3, -0.25) is 9.78 Å². The predicted molar refractivity (Wildman–Crippen MR) is 88.6 cm³/mol. The number of aromatic nitrogens is 1. The second-order valence-corrected chi connectivity index (χ2v) is 6.02. The van der Waals surface area contributed by atoms with E-state index >= 15 is 0 Å². The Bertz CT molecular complexity index is 663. The van der Waals surface area contributed by atoms with Gasteiger partial charge >= 0.3 is 0 Å². The molecule has 0 unspecified atom stereocenters. The highest BCUT2D eigenvalue weighted by Gasteiger charge is 2.12. The molecule has 0 aliphatic heterocycles. The summed E-state index contributed by atoms with van der Waals surface area (Å²) >= 11 is 0. The van der Waals surface area contributed by atoms with Crippen molar-refractivity contribution in [2.45, 2.75) is 26.3 Å². The number of hydrogen-bond acceptors (Lipinski definition) is 4. The molecule has 5 nitrogen and oxygen atoms in total. The third kappa shape index (κ3) is 4.48. The first-order valence-corrected chi connectivity index (χ1v) is 7.06. The normalized spacial score (nSPS) is 10.9. The molecule has 1 aromatic heterocycles. The minimum atomic E-state index is -0.210. The number of methoxy groups -OCH3 is 1. The lowest BCUT2D eigenvalue weighted by Crippen LogP contribution is -2.26. The molecule has 0 saturated carbocycles. The Balaban J connectivity index is 2.14. The molecule has 2 aromatic rings. The second-order valence-electron chi connectivity index (χ2n) is 6.02. The van der Waals surface area contributed by atoms with Gasteiger partial charge in [-0.2, -0.15) is 0 Å². The van der Waals surface area contributed by atoms with Crippen molar-refractivity contribution in [1.29, 1.82) is 0 Å². The summed E-state index contributed by atoms with van der Waals surface area (Å²) in [5.41, 5.74) is 1.89. The number of rotatable bonds is 4. The number of amides is 1. The van der Waals surface area contributed by atoms with E-state index in [2.05, 4.69) is 36.4 Å². The molecule has 1 heterocycles. The highest BCUT2D eigenvalue weighted by molar-refractivity contribution is 6.04. The molecule has 22 heavy (non-hydrogen) atoms. The Morgan fingerprint density at radius 1 is 1.14 bits per heavy atom. The van der Waals surface area contributed by atoms with E-state index < -0.39 is 0 Å². The van der Waals surface area contributed by atoms with Crippen molar-refractivity contribution in [2.24, 2.45) is 0 Å². The van der Waals surface area contributed by atoms with Crippen LogP contribution in [-0.2, 0) is 0 Å². The monoisotopic (exact) mass is 299 g/mol. The van der Waals surface area contributed by atoms with Crippen LogP contribution in [0.1, 0.15) is 31.1 Å². The van der Waals surface area contributed by atoms with Crippen LogP contribution in [0.15, 0.2) is 42.7 Å².